The molecule has 0 bridgehead atoms. The van der Waals surface area contributed by atoms with E-state index in [1.165, 1.54) is 0 Å². The molecule has 7 aromatic heterocycles. The van der Waals surface area contributed by atoms with Gasteiger partial charge in [0.25, 0.3) is 38.9 Å². The Morgan fingerprint density at radius 3 is 0.554 bits per heavy atom. The minimum Gasteiger partial charge on any atom is -0.268 e. The topological polar surface area (TPSA) is 244 Å². The van der Waals surface area contributed by atoms with E-state index in [0.29, 0.717) is 162 Å². The summed E-state index contributed by atoms with van der Waals surface area (Å²) in [6.07, 6.45) is 0. The second-order valence-corrected chi connectivity index (χ2v) is 36.0. The second kappa shape index (κ2) is 38.8. The molecule has 0 saturated heterocycles. The summed E-state index contributed by atoms with van der Waals surface area (Å²) in [5.41, 5.74) is 16.1. The first-order valence-corrected chi connectivity index (χ1v) is 47.7. The zero-order valence-electron chi connectivity index (χ0n) is 78.5. The zero-order valence-corrected chi connectivity index (χ0v) is 78.5. The number of rotatable bonds is 14. The summed E-state index contributed by atoms with van der Waals surface area (Å²) in [7, 11) is 0. The Morgan fingerprint density at radius 2 is 0.331 bits per heavy atom. The summed E-state index contributed by atoms with van der Waals surface area (Å²) in [5, 5.41) is 3.42. The molecular weight excluding hydrogens is 1830 g/mol. The van der Waals surface area contributed by atoms with E-state index in [1.54, 1.807) is 98.7 Å². The van der Waals surface area contributed by atoms with Crippen LogP contribution in [0.3, 0.4) is 0 Å². The van der Waals surface area contributed by atoms with Crippen molar-refractivity contribution < 1.29 is 0 Å². The van der Waals surface area contributed by atoms with Crippen LogP contribution in [0, 0.1) is 0 Å². The van der Waals surface area contributed by atoms with E-state index in [1.807, 2.05) is 358 Å². The first-order chi connectivity index (χ1) is 71.6. The normalized spacial score (nSPS) is 11.7. The van der Waals surface area contributed by atoms with Gasteiger partial charge in [-0.1, -0.05) is 332 Å². The van der Waals surface area contributed by atoms with Crippen molar-refractivity contribution in [2.75, 3.05) is 0 Å². The third-order valence-corrected chi connectivity index (χ3v) is 26.8. The van der Waals surface area contributed by atoms with Crippen LogP contribution in [0.2, 0.25) is 0 Å². The van der Waals surface area contributed by atoms with Crippen LogP contribution in [0.4, 0.5) is 0 Å². The first kappa shape index (κ1) is 92.9. The number of para-hydroxylation sites is 9. The Kier molecular flexibility index (Phi) is 24.3. The standard InChI is InChI=1S/C48H30N6O3.C43H30N4O2.C34H22N4O2.2CH4/c55-46-37-22-10-13-25-40(37)49-43(31-16-4-1-5-17-31)52(46)34-28-35(53-44(32-18-6-2-7-19-32)50-41-26-14-11-23-38(41)47(53)56)30-36(29-34)54-45(33-20-8-3-9-21-33)51-42-27-15-12-24-39(42)48(54)57;1-43(2)35-25-27(39-44-37-19-11-9-17-33(37)41(48)46(39)29-13-5-3-6-14-29)21-23-31(35)32-24-22-28(26-36(32)43)40-45-38-20-12-10-18-34(38)42(49)47(40)30-15-7-4-8-16-30;39-33-27-18-7-9-20-29(27)35-31(23-12-3-1-4-13-23)37(33)25-16-11-17-26(22-25)38-32(24-14-5-2-6-15-24)36-30-21-10-8-19-28(30)34(38)40;;/h1-30H;3-26H,1-2H3;1-22H;2*1H4. The van der Waals surface area contributed by atoms with Crippen LogP contribution in [-0.2, 0) is 5.41 Å². The molecule has 7 heterocycles. The molecule has 0 N–H and O–H groups in total. The minimum absolute atomic E-state index is 0. The van der Waals surface area contributed by atoms with E-state index in [2.05, 4.69) is 50.2 Å². The van der Waals surface area contributed by atoms with Crippen LogP contribution in [0.25, 0.3) is 207 Å². The molecule has 21 nitrogen and oxygen atoms in total. The smallest absolute Gasteiger partial charge is 0.266 e. The average Bonchev–Trinajstić information content (AvgIpc) is 1.64. The van der Waals surface area contributed by atoms with E-state index < -0.39 is 0 Å². The third-order valence-electron chi connectivity index (χ3n) is 26.8. The quantitative estimate of drug-likeness (QED) is 0.0983. The van der Waals surface area contributed by atoms with Gasteiger partial charge in [-0.05, 0) is 180 Å². The Balaban J connectivity index is 0.000000127. The van der Waals surface area contributed by atoms with Crippen LogP contribution in [0.1, 0.15) is 39.8 Å². The maximum Gasteiger partial charge on any atom is 0.266 e. The molecular formula is C127H90N14O7. The fraction of sp³-hybridized carbons (Fsp3) is 0.0394. The van der Waals surface area contributed by atoms with Crippen molar-refractivity contribution in [1.82, 2.24) is 66.9 Å². The predicted octanol–water partition coefficient (Wildman–Crippen LogP) is 25.2. The van der Waals surface area contributed by atoms with Crippen molar-refractivity contribution in [2.24, 2.45) is 0 Å². The molecule has 0 radical (unpaired) electrons. The third kappa shape index (κ3) is 16.5. The maximum absolute atomic E-state index is 14.8. The van der Waals surface area contributed by atoms with Gasteiger partial charge in [-0.3, -0.25) is 65.5 Å². The SMILES string of the molecule is C.C.CC1(C)c2cc(-c3nc4ccccc4c(=O)n3-c3ccccc3)ccc2-c2ccc(-c3nc4ccccc4c(=O)n3-c3ccccc3)cc21.O=c1c2ccccc2nc(-c2ccccc2)n1-c1cc(-n2c(-c3ccccc3)nc3ccccc3c2=O)cc(-n2c(-c3ccccc3)nc3ccccc3c2=O)c1.O=c1c2ccccc2nc(-c2ccccc2)n1-c1cccc(-n2c(-c3ccccc3)nc3ccccc3c2=O)c1. The van der Waals surface area contributed by atoms with Gasteiger partial charge in [0.2, 0.25) is 0 Å². The predicted molar refractivity (Wildman–Crippen MR) is 595 cm³/mol. The van der Waals surface area contributed by atoms with Crippen LogP contribution in [0.15, 0.2) is 495 Å². The number of benzene rings is 18. The summed E-state index contributed by atoms with van der Waals surface area (Å²) in [4.78, 5) is 135. The zero-order chi connectivity index (χ0) is 98.8. The highest BCUT2D eigenvalue weighted by molar-refractivity contribution is 5.91. The summed E-state index contributed by atoms with van der Waals surface area (Å²) >= 11 is 0. The van der Waals surface area contributed by atoms with Crippen LogP contribution in [0.5, 0.6) is 0 Å². The molecule has 18 aromatic carbocycles. The number of fused-ring (bicyclic) bond motifs is 10. The second-order valence-electron chi connectivity index (χ2n) is 36.0. The van der Waals surface area contributed by atoms with E-state index in [9.17, 15) is 33.6 Å². The van der Waals surface area contributed by atoms with Gasteiger partial charge >= 0.3 is 0 Å². The molecule has 710 valence electrons. The average molecular weight is 1920 g/mol. The van der Waals surface area contributed by atoms with E-state index in [0.717, 1.165) is 55.9 Å². The minimum atomic E-state index is -0.389. The molecule has 0 saturated carbocycles. The molecule has 25 aromatic rings. The maximum atomic E-state index is 14.8. The fourth-order valence-corrected chi connectivity index (χ4v) is 19.8. The molecule has 0 spiro atoms. The van der Waals surface area contributed by atoms with Gasteiger partial charge in [0.15, 0.2) is 0 Å². The fourth-order valence-electron chi connectivity index (χ4n) is 19.8. The van der Waals surface area contributed by atoms with Crippen molar-refractivity contribution in [3.63, 3.8) is 0 Å². The molecule has 0 atom stereocenters. The van der Waals surface area contributed by atoms with Crippen molar-refractivity contribution in [3.05, 3.63) is 545 Å². The van der Waals surface area contributed by atoms with Crippen molar-refractivity contribution in [3.8, 4) is 131 Å². The monoisotopic (exact) mass is 1920 g/mol. The highest BCUT2D eigenvalue weighted by Crippen LogP contribution is 2.51. The Morgan fingerprint density at radius 1 is 0.162 bits per heavy atom. The highest BCUT2D eigenvalue weighted by atomic mass is 16.2. The van der Waals surface area contributed by atoms with E-state index in [-0.39, 0.29) is 59.2 Å². The summed E-state index contributed by atoms with van der Waals surface area (Å²) in [6.45, 7) is 4.45. The largest absolute Gasteiger partial charge is 0.268 e. The van der Waals surface area contributed by atoms with Crippen molar-refractivity contribution in [2.45, 2.75) is 34.1 Å². The van der Waals surface area contributed by atoms with Gasteiger partial charge in [-0.15, -0.1) is 0 Å². The highest BCUT2D eigenvalue weighted by Gasteiger charge is 2.38. The van der Waals surface area contributed by atoms with Crippen molar-refractivity contribution >= 4 is 76.3 Å². The number of aromatic nitrogens is 14. The van der Waals surface area contributed by atoms with Gasteiger partial charge in [-0.25, -0.2) is 34.9 Å². The molecule has 21 heteroatoms. The lowest BCUT2D eigenvalue weighted by atomic mass is 9.81. The lowest BCUT2D eigenvalue weighted by Gasteiger charge is -2.23. The van der Waals surface area contributed by atoms with E-state index >= 15 is 0 Å². The van der Waals surface area contributed by atoms with Gasteiger partial charge < -0.3 is 0 Å². The van der Waals surface area contributed by atoms with Gasteiger partial charge in [0, 0.05) is 44.4 Å². The number of hydrogen-bond donors (Lipinski definition) is 0. The van der Waals surface area contributed by atoms with Gasteiger partial charge in [0.1, 0.15) is 40.8 Å². The molecule has 0 aliphatic heterocycles. The Bertz CT molecular complexity index is 9330. The van der Waals surface area contributed by atoms with Gasteiger partial charge in [0.05, 0.1) is 116 Å². The summed E-state index contributed by atoms with van der Waals surface area (Å²) < 4.78 is 11.3. The first-order valence-electron chi connectivity index (χ1n) is 47.7. The molecule has 1 aliphatic carbocycles. The molecule has 0 unspecified atom stereocenters. The molecule has 26 rings (SSSR count). The number of hydrogen-bond acceptors (Lipinski definition) is 14. The van der Waals surface area contributed by atoms with Crippen LogP contribution >= 0.6 is 0 Å². The van der Waals surface area contributed by atoms with E-state index in [4.69, 9.17) is 34.9 Å². The molecule has 148 heavy (non-hydrogen) atoms. The van der Waals surface area contributed by atoms with Crippen LogP contribution in [-0.4, -0.2) is 66.9 Å². The summed E-state index contributed by atoms with van der Waals surface area (Å²) in [6, 6.07) is 144. The van der Waals surface area contributed by atoms with Crippen molar-refractivity contribution in [1.29, 1.82) is 0 Å². The lowest BCUT2D eigenvalue weighted by Crippen LogP contribution is -2.26. The molecule has 1 aliphatic rings. The Hall–Kier alpha value is -20.1. The van der Waals surface area contributed by atoms with Crippen LogP contribution < -0.4 is 38.9 Å². The number of nitrogens with zero attached hydrogens (tertiary/aromatic N) is 14. The summed E-state index contributed by atoms with van der Waals surface area (Å²) in [5.74, 6) is 3.41. The molecule has 0 amide bonds. The van der Waals surface area contributed by atoms with Gasteiger partial charge in [-0.2, -0.15) is 0 Å². The lowest BCUT2D eigenvalue weighted by molar-refractivity contribution is 0.660. The molecule has 0 fully saturated rings. The Labute approximate surface area is 847 Å².